The van der Waals surface area contributed by atoms with Crippen molar-refractivity contribution in [2.24, 2.45) is 0 Å². The van der Waals surface area contributed by atoms with Crippen molar-refractivity contribution in [2.75, 3.05) is 0 Å². The Morgan fingerprint density at radius 3 is 1.60 bits per heavy atom. The summed E-state index contributed by atoms with van der Waals surface area (Å²) < 4.78 is 6.65. The van der Waals surface area contributed by atoms with Gasteiger partial charge in [0, 0.05) is 0 Å². The average molecular weight is 293 g/mol. The molecule has 20 heavy (non-hydrogen) atoms. The third-order valence-corrected chi connectivity index (χ3v) is 8.50. The fraction of sp³-hybridized carbons (Fsp3) is 0.667. The van der Waals surface area contributed by atoms with Gasteiger partial charge >= 0.3 is 0 Å². The van der Waals surface area contributed by atoms with E-state index in [1.807, 2.05) is 0 Å². The van der Waals surface area contributed by atoms with Gasteiger partial charge in [-0.15, -0.1) is 0 Å². The van der Waals surface area contributed by atoms with E-state index in [2.05, 4.69) is 51.1 Å². The molecule has 2 heteroatoms. The highest BCUT2D eigenvalue weighted by Gasteiger charge is 2.34. The number of benzene rings is 1. The summed E-state index contributed by atoms with van der Waals surface area (Å²) in [5.41, 5.74) is 0. The lowest BCUT2D eigenvalue weighted by atomic mass is 10.3. The standard InChI is InChI=1S/C18H32OSi/c1-4-7-15-20(16-8-5-2,17-9-6-3)19-18-13-11-10-12-14-18/h10-14H,4-9,15-17H2,1-3H3. The van der Waals surface area contributed by atoms with E-state index in [0.29, 0.717) is 0 Å². The second kappa shape index (κ2) is 10.0. The molecule has 0 saturated carbocycles. The number of hydrogen-bond donors (Lipinski definition) is 0. The van der Waals surface area contributed by atoms with Crippen molar-refractivity contribution < 1.29 is 4.43 Å². The van der Waals surface area contributed by atoms with Crippen LogP contribution in [0.25, 0.3) is 0 Å². The fourth-order valence-electron chi connectivity index (χ4n) is 2.76. The van der Waals surface area contributed by atoms with Crippen molar-refractivity contribution in [2.45, 2.75) is 77.4 Å². The minimum atomic E-state index is -1.60. The van der Waals surface area contributed by atoms with Gasteiger partial charge in [0.2, 0.25) is 0 Å². The number of para-hydroxylation sites is 1. The van der Waals surface area contributed by atoms with Gasteiger partial charge in [-0.05, 0) is 30.3 Å². The Labute approximate surface area is 126 Å². The first-order valence-corrected chi connectivity index (χ1v) is 11.0. The van der Waals surface area contributed by atoms with Crippen molar-refractivity contribution in [1.82, 2.24) is 0 Å². The number of hydrogen-bond acceptors (Lipinski definition) is 1. The van der Waals surface area contributed by atoms with Crippen LogP contribution in [0.3, 0.4) is 0 Å². The fourth-order valence-corrected chi connectivity index (χ4v) is 7.45. The zero-order valence-corrected chi connectivity index (χ0v) is 14.7. The molecule has 114 valence electrons. The van der Waals surface area contributed by atoms with E-state index in [9.17, 15) is 0 Å². The summed E-state index contributed by atoms with van der Waals surface area (Å²) in [5, 5.41) is 0. The zero-order valence-electron chi connectivity index (χ0n) is 13.7. The highest BCUT2D eigenvalue weighted by Crippen LogP contribution is 2.31. The minimum Gasteiger partial charge on any atom is -0.543 e. The second-order valence-electron chi connectivity index (χ2n) is 5.91. The molecule has 0 aliphatic rings. The van der Waals surface area contributed by atoms with Crippen LogP contribution in [0, 0.1) is 0 Å². The number of unbranched alkanes of at least 4 members (excludes halogenated alkanes) is 3. The topological polar surface area (TPSA) is 9.23 Å². The first kappa shape index (κ1) is 17.3. The monoisotopic (exact) mass is 292 g/mol. The Hall–Kier alpha value is -0.763. The largest absolute Gasteiger partial charge is 0.543 e. The van der Waals surface area contributed by atoms with Crippen molar-refractivity contribution in [3.05, 3.63) is 30.3 Å². The van der Waals surface area contributed by atoms with E-state index in [1.54, 1.807) is 0 Å². The predicted octanol–water partition coefficient (Wildman–Crippen LogP) is 6.41. The Morgan fingerprint density at radius 1 is 0.750 bits per heavy atom. The lowest BCUT2D eigenvalue weighted by Crippen LogP contribution is -2.41. The van der Waals surface area contributed by atoms with Crippen LogP contribution in [0.5, 0.6) is 5.75 Å². The zero-order chi connectivity index (χ0) is 14.7. The smallest absolute Gasteiger partial charge is 0.251 e. The summed E-state index contributed by atoms with van der Waals surface area (Å²) in [6.45, 7) is 6.88. The third-order valence-electron chi connectivity index (χ3n) is 4.04. The molecule has 0 aliphatic carbocycles. The summed E-state index contributed by atoms with van der Waals surface area (Å²) in [6.07, 6.45) is 7.83. The van der Waals surface area contributed by atoms with E-state index in [0.717, 1.165) is 5.75 Å². The van der Waals surface area contributed by atoms with Crippen molar-refractivity contribution in [3.63, 3.8) is 0 Å². The molecule has 0 saturated heterocycles. The maximum atomic E-state index is 6.65. The predicted molar refractivity (Wildman–Crippen MR) is 92.0 cm³/mol. The van der Waals surface area contributed by atoms with E-state index < -0.39 is 8.32 Å². The third kappa shape index (κ3) is 6.13. The molecule has 1 aromatic rings. The van der Waals surface area contributed by atoms with Crippen LogP contribution in [0.1, 0.15) is 59.3 Å². The Bertz CT molecular complexity index is 315. The normalized spacial score (nSPS) is 11.6. The van der Waals surface area contributed by atoms with Gasteiger partial charge in [-0.3, -0.25) is 0 Å². The molecular weight excluding hydrogens is 260 g/mol. The molecule has 0 N–H and O–H groups in total. The van der Waals surface area contributed by atoms with Gasteiger partial charge in [-0.1, -0.05) is 77.5 Å². The van der Waals surface area contributed by atoms with Crippen LogP contribution in [0.15, 0.2) is 30.3 Å². The molecule has 1 nitrogen and oxygen atoms in total. The van der Waals surface area contributed by atoms with E-state index in [4.69, 9.17) is 4.43 Å². The molecule has 0 aliphatic heterocycles. The molecule has 0 radical (unpaired) electrons. The van der Waals surface area contributed by atoms with E-state index in [1.165, 1.54) is 56.7 Å². The maximum absolute atomic E-state index is 6.65. The molecule has 0 atom stereocenters. The quantitative estimate of drug-likeness (QED) is 0.428. The van der Waals surface area contributed by atoms with Gasteiger partial charge in [-0.25, -0.2) is 0 Å². The summed E-state index contributed by atoms with van der Waals surface area (Å²) in [6, 6.07) is 14.5. The van der Waals surface area contributed by atoms with E-state index in [-0.39, 0.29) is 0 Å². The van der Waals surface area contributed by atoms with Gasteiger partial charge in [0.1, 0.15) is 5.75 Å². The molecule has 1 aromatic carbocycles. The van der Waals surface area contributed by atoms with Crippen LogP contribution in [-0.4, -0.2) is 8.32 Å². The lowest BCUT2D eigenvalue weighted by molar-refractivity contribution is 0.511. The average Bonchev–Trinajstić information content (AvgIpc) is 2.49. The van der Waals surface area contributed by atoms with Crippen LogP contribution in [0.2, 0.25) is 18.1 Å². The van der Waals surface area contributed by atoms with Gasteiger partial charge in [-0.2, -0.15) is 0 Å². The summed E-state index contributed by atoms with van der Waals surface area (Å²) in [5.74, 6) is 1.10. The highest BCUT2D eigenvalue weighted by atomic mass is 28.4. The van der Waals surface area contributed by atoms with Crippen LogP contribution in [-0.2, 0) is 0 Å². The molecule has 0 heterocycles. The van der Waals surface area contributed by atoms with Crippen LogP contribution in [0.4, 0.5) is 0 Å². The van der Waals surface area contributed by atoms with Crippen molar-refractivity contribution in [1.29, 1.82) is 0 Å². The van der Waals surface area contributed by atoms with Gasteiger partial charge in [0.05, 0.1) is 0 Å². The molecule has 0 fully saturated rings. The molecule has 0 aromatic heterocycles. The highest BCUT2D eigenvalue weighted by molar-refractivity contribution is 6.74. The van der Waals surface area contributed by atoms with Crippen molar-refractivity contribution in [3.8, 4) is 5.75 Å². The minimum absolute atomic E-state index is 1.10. The van der Waals surface area contributed by atoms with Crippen molar-refractivity contribution >= 4 is 8.32 Å². The Morgan fingerprint density at radius 2 is 1.20 bits per heavy atom. The molecule has 1 rings (SSSR count). The van der Waals surface area contributed by atoms with E-state index >= 15 is 0 Å². The summed E-state index contributed by atoms with van der Waals surface area (Å²) >= 11 is 0. The van der Waals surface area contributed by atoms with Crippen LogP contribution < -0.4 is 4.43 Å². The number of rotatable bonds is 11. The van der Waals surface area contributed by atoms with Gasteiger partial charge in [0.15, 0.2) is 0 Å². The second-order valence-corrected chi connectivity index (χ2v) is 9.98. The summed E-state index contributed by atoms with van der Waals surface area (Å²) in [7, 11) is -1.60. The molecule has 0 spiro atoms. The first-order valence-electron chi connectivity index (χ1n) is 8.50. The molecule has 0 bridgehead atoms. The Kier molecular flexibility index (Phi) is 8.67. The Balaban J connectivity index is 2.81. The lowest BCUT2D eigenvalue weighted by Gasteiger charge is -2.32. The van der Waals surface area contributed by atoms with Gasteiger partial charge < -0.3 is 4.43 Å². The molecular formula is C18H32OSi. The first-order chi connectivity index (χ1) is 9.76. The van der Waals surface area contributed by atoms with Gasteiger partial charge in [0.25, 0.3) is 8.32 Å². The van der Waals surface area contributed by atoms with Crippen LogP contribution >= 0.6 is 0 Å². The molecule has 0 amide bonds. The summed E-state index contributed by atoms with van der Waals surface area (Å²) in [4.78, 5) is 0. The maximum Gasteiger partial charge on any atom is 0.251 e. The SMILES string of the molecule is CCCC[Si](CCCC)(CCCC)Oc1ccccc1. The molecule has 0 unspecified atom stereocenters.